The number of fused-ring (bicyclic) bond motifs is 5. The maximum absolute atomic E-state index is 5.72. The Morgan fingerprint density at radius 2 is 1.81 bits per heavy atom. The lowest BCUT2D eigenvalue weighted by Gasteiger charge is -2.49. The Kier molecular flexibility index (Phi) is 4.40. The minimum Gasteiger partial charge on any atom is -1.00 e. The summed E-state index contributed by atoms with van der Waals surface area (Å²) in [5.74, 6) is 3.48. The molecule has 27 heavy (non-hydrogen) atoms. The molecule has 5 nitrogen and oxygen atoms in total. The lowest BCUT2D eigenvalue weighted by molar-refractivity contribution is -0.956. The summed E-state index contributed by atoms with van der Waals surface area (Å²) in [5, 5.41) is 0. The van der Waals surface area contributed by atoms with E-state index in [-0.39, 0.29) is 12.4 Å². The van der Waals surface area contributed by atoms with Crippen molar-refractivity contribution in [1.82, 2.24) is 0 Å². The summed E-state index contributed by atoms with van der Waals surface area (Å²) in [6.45, 7) is 2.39. The van der Waals surface area contributed by atoms with Gasteiger partial charge in [0.1, 0.15) is 12.6 Å². The number of likely N-dealkylation sites (N-methyl/N-ethyl adjacent to an activating group) is 1. The van der Waals surface area contributed by atoms with E-state index in [2.05, 4.69) is 25.2 Å². The zero-order valence-corrected chi connectivity index (χ0v) is 16.6. The van der Waals surface area contributed by atoms with Crippen molar-refractivity contribution >= 4 is 0 Å². The SMILES string of the molecule is COc1ccc2c(c1OC)C[N+]1(C)CCc3cc4c(cc3C1C2)OCO4.[Cl-]. The highest BCUT2D eigenvalue weighted by Crippen LogP contribution is 2.49. The minimum absolute atomic E-state index is 0. The van der Waals surface area contributed by atoms with Gasteiger partial charge in [0.15, 0.2) is 23.0 Å². The highest BCUT2D eigenvalue weighted by molar-refractivity contribution is 5.54. The van der Waals surface area contributed by atoms with Crippen LogP contribution in [0, 0.1) is 0 Å². The Balaban J connectivity index is 0.00000180. The first kappa shape index (κ1) is 18.3. The molecule has 3 aliphatic heterocycles. The maximum Gasteiger partial charge on any atom is 0.231 e. The second-order valence-corrected chi connectivity index (χ2v) is 7.67. The predicted molar refractivity (Wildman–Crippen MR) is 97.0 cm³/mol. The Bertz CT molecular complexity index is 900. The van der Waals surface area contributed by atoms with E-state index in [0.717, 1.165) is 53.4 Å². The van der Waals surface area contributed by atoms with E-state index in [4.69, 9.17) is 18.9 Å². The van der Waals surface area contributed by atoms with Crippen LogP contribution in [0.5, 0.6) is 23.0 Å². The molecule has 144 valence electrons. The molecule has 0 bridgehead atoms. The zero-order valence-electron chi connectivity index (χ0n) is 15.9. The van der Waals surface area contributed by atoms with Crippen LogP contribution in [0.2, 0.25) is 0 Å². The number of halogens is 1. The number of ether oxygens (including phenoxy) is 4. The largest absolute Gasteiger partial charge is 1.00 e. The summed E-state index contributed by atoms with van der Waals surface area (Å²) >= 11 is 0. The number of rotatable bonds is 2. The second-order valence-electron chi connectivity index (χ2n) is 7.67. The van der Waals surface area contributed by atoms with Gasteiger partial charge in [-0.2, -0.15) is 0 Å². The van der Waals surface area contributed by atoms with Gasteiger partial charge >= 0.3 is 0 Å². The van der Waals surface area contributed by atoms with E-state index in [9.17, 15) is 0 Å². The first-order chi connectivity index (χ1) is 12.6. The van der Waals surface area contributed by atoms with Gasteiger partial charge in [-0.3, -0.25) is 0 Å². The van der Waals surface area contributed by atoms with E-state index in [1.54, 1.807) is 14.2 Å². The van der Waals surface area contributed by atoms with Gasteiger partial charge in [-0.1, -0.05) is 6.07 Å². The molecular weight excluding hydrogens is 366 g/mol. The summed E-state index contributed by atoms with van der Waals surface area (Å²) in [6.07, 6.45) is 2.05. The standard InChI is InChI=1S/C21H24NO4.ClH/c1-22-7-6-14-9-19-20(26-12-25-19)10-15(14)17(22)8-13-4-5-18(23-2)21(24-3)16(13)11-22;/h4-5,9-10,17H,6-8,11-12H2,1-3H3;1H/q+1;/p-1. The number of methoxy groups -OCH3 is 2. The van der Waals surface area contributed by atoms with Crippen LogP contribution in [0.4, 0.5) is 0 Å². The molecule has 3 aliphatic rings. The number of hydrogen-bond donors (Lipinski definition) is 0. The van der Waals surface area contributed by atoms with Gasteiger partial charge in [0.2, 0.25) is 6.79 Å². The third-order valence-corrected chi connectivity index (χ3v) is 6.32. The van der Waals surface area contributed by atoms with Crippen LogP contribution < -0.4 is 31.4 Å². The highest BCUT2D eigenvalue weighted by Gasteiger charge is 2.45. The first-order valence-corrected chi connectivity index (χ1v) is 9.12. The fourth-order valence-corrected chi connectivity index (χ4v) is 4.88. The minimum atomic E-state index is 0. The number of benzene rings is 2. The van der Waals surface area contributed by atoms with Crippen LogP contribution in [0.25, 0.3) is 0 Å². The van der Waals surface area contributed by atoms with Crippen molar-refractivity contribution in [2.24, 2.45) is 0 Å². The van der Waals surface area contributed by atoms with Gasteiger partial charge in [-0.15, -0.1) is 0 Å². The van der Waals surface area contributed by atoms with E-state index in [0.29, 0.717) is 12.8 Å². The Morgan fingerprint density at radius 3 is 2.56 bits per heavy atom. The van der Waals surface area contributed by atoms with Crippen LogP contribution in [-0.4, -0.2) is 39.1 Å². The molecule has 3 heterocycles. The van der Waals surface area contributed by atoms with Crippen molar-refractivity contribution in [2.75, 3.05) is 34.6 Å². The third kappa shape index (κ3) is 2.64. The van der Waals surface area contributed by atoms with Gasteiger partial charge in [-0.05, 0) is 29.3 Å². The summed E-state index contributed by atoms with van der Waals surface area (Å²) in [7, 11) is 5.79. The molecule has 2 aromatic carbocycles. The molecule has 2 atom stereocenters. The van der Waals surface area contributed by atoms with Crippen molar-refractivity contribution in [3.05, 3.63) is 46.5 Å². The molecular formula is C21H24ClNO4. The molecule has 5 rings (SSSR count). The molecule has 0 spiro atoms. The summed E-state index contributed by atoms with van der Waals surface area (Å²) in [5.41, 5.74) is 5.45. The Morgan fingerprint density at radius 1 is 1.04 bits per heavy atom. The molecule has 0 fully saturated rings. The van der Waals surface area contributed by atoms with Crippen LogP contribution in [0.3, 0.4) is 0 Å². The summed E-state index contributed by atoms with van der Waals surface area (Å²) in [6, 6.07) is 9.05. The normalized spacial score (nSPS) is 24.2. The molecule has 0 saturated carbocycles. The van der Waals surface area contributed by atoms with E-state index in [1.165, 1.54) is 22.3 Å². The molecule has 0 saturated heterocycles. The fraction of sp³-hybridized carbons (Fsp3) is 0.429. The molecule has 0 amide bonds. The van der Waals surface area contributed by atoms with E-state index < -0.39 is 0 Å². The zero-order chi connectivity index (χ0) is 17.9. The Hall–Kier alpha value is -2.11. The Labute approximate surface area is 165 Å². The molecule has 2 unspecified atom stereocenters. The lowest BCUT2D eigenvalue weighted by atomic mass is 9.81. The van der Waals surface area contributed by atoms with Gasteiger partial charge < -0.3 is 35.8 Å². The van der Waals surface area contributed by atoms with Crippen LogP contribution in [-0.2, 0) is 19.4 Å². The van der Waals surface area contributed by atoms with Gasteiger partial charge in [-0.25, -0.2) is 0 Å². The molecule has 2 aromatic rings. The molecule has 0 aromatic heterocycles. The maximum atomic E-state index is 5.72. The number of hydrogen-bond acceptors (Lipinski definition) is 4. The highest BCUT2D eigenvalue weighted by atomic mass is 35.5. The van der Waals surface area contributed by atoms with Crippen molar-refractivity contribution in [2.45, 2.75) is 25.4 Å². The average molecular weight is 390 g/mol. The topological polar surface area (TPSA) is 36.9 Å². The van der Waals surface area contributed by atoms with Gasteiger partial charge in [0.25, 0.3) is 0 Å². The van der Waals surface area contributed by atoms with Crippen LogP contribution >= 0.6 is 0 Å². The van der Waals surface area contributed by atoms with Crippen molar-refractivity contribution in [3.8, 4) is 23.0 Å². The van der Waals surface area contributed by atoms with Gasteiger partial charge in [0.05, 0.1) is 33.4 Å². The van der Waals surface area contributed by atoms with Crippen molar-refractivity contribution < 1.29 is 35.8 Å². The van der Waals surface area contributed by atoms with E-state index in [1.807, 2.05) is 6.07 Å². The summed E-state index contributed by atoms with van der Waals surface area (Å²) in [4.78, 5) is 0. The fourth-order valence-electron chi connectivity index (χ4n) is 4.88. The smallest absolute Gasteiger partial charge is 0.231 e. The number of quaternary nitrogens is 1. The molecule has 6 heteroatoms. The van der Waals surface area contributed by atoms with Gasteiger partial charge in [0, 0.05) is 18.4 Å². The van der Waals surface area contributed by atoms with Crippen molar-refractivity contribution in [3.63, 3.8) is 0 Å². The molecule has 0 radical (unpaired) electrons. The molecule has 0 N–H and O–H groups in total. The average Bonchev–Trinajstić information content (AvgIpc) is 3.11. The van der Waals surface area contributed by atoms with Crippen molar-refractivity contribution in [1.29, 1.82) is 0 Å². The predicted octanol–water partition coefficient (Wildman–Crippen LogP) is 0.237. The number of nitrogens with zero attached hydrogens (tertiary/aromatic N) is 1. The summed E-state index contributed by atoms with van der Waals surface area (Å²) < 4.78 is 23.5. The van der Waals surface area contributed by atoms with Crippen LogP contribution in [0.15, 0.2) is 24.3 Å². The third-order valence-electron chi connectivity index (χ3n) is 6.32. The lowest BCUT2D eigenvalue weighted by Crippen LogP contribution is -3.00. The monoisotopic (exact) mass is 389 g/mol. The quantitative estimate of drug-likeness (QED) is 0.689. The second kappa shape index (κ2) is 6.50. The van der Waals surface area contributed by atoms with Crippen LogP contribution in [0.1, 0.15) is 28.3 Å². The van der Waals surface area contributed by atoms with E-state index >= 15 is 0 Å². The first-order valence-electron chi connectivity index (χ1n) is 9.12. The molecule has 0 aliphatic carbocycles.